The summed E-state index contributed by atoms with van der Waals surface area (Å²) in [6.07, 6.45) is 4.30. The van der Waals surface area contributed by atoms with Crippen LogP contribution in [0.2, 0.25) is 0 Å². The normalized spacial score (nSPS) is 11.5. The van der Waals surface area contributed by atoms with Gasteiger partial charge in [0.15, 0.2) is 11.6 Å². The highest BCUT2D eigenvalue weighted by atomic mass is 16.1. The SMILES string of the molecule is CNC(=O)Cc1nc(-c2ccn(C(C)(C)C)c2)n(Cc2ccccc2)n1. The molecule has 136 valence electrons. The van der Waals surface area contributed by atoms with Crippen LogP contribution in [0.1, 0.15) is 32.2 Å². The van der Waals surface area contributed by atoms with Crippen LogP contribution in [0.3, 0.4) is 0 Å². The molecule has 3 rings (SSSR count). The molecule has 0 saturated heterocycles. The van der Waals surface area contributed by atoms with Crippen LogP contribution in [-0.4, -0.2) is 32.3 Å². The molecule has 3 aromatic rings. The van der Waals surface area contributed by atoms with Crippen molar-refractivity contribution in [2.24, 2.45) is 0 Å². The third kappa shape index (κ3) is 4.02. The highest BCUT2D eigenvalue weighted by molar-refractivity contribution is 5.77. The fraction of sp³-hybridized carbons (Fsp3) is 0.350. The van der Waals surface area contributed by atoms with Gasteiger partial charge < -0.3 is 9.88 Å². The number of nitrogens with one attached hydrogen (secondary N) is 1. The molecule has 0 spiro atoms. The van der Waals surface area contributed by atoms with Crippen molar-refractivity contribution in [3.63, 3.8) is 0 Å². The van der Waals surface area contributed by atoms with Crippen LogP contribution in [-0.2, 0) is 23.3 Å². The van der Waals surface area contributed by atoms with E-state index in [0.29, 0.717) is 12.4 Å². The summed E-state index contributed by atoms with van der Waals surface area (Å²) in [5.41, 5.74) is 2.12. The minimum absolute atomic E-state index is 0.00649. The number of likely N-dealkylation sites (N-methyl/N-ethyl adjacent to an activating group) is 1. The first-order valence-electron chi connectivity index (χ1n) is 8.74. The number of carbonyl (C=O) groups excluding carboxylic acids is 1. The minimum atomic E-state index is -0.0966. The second-order valence-corrected chi connectivity index (χ2v) is 7.32. The van der Waals surface area contributed by atoms with E-state index in [4.69, 9.17) is 0 Å². The van der Waals surface area contributed by atoms with Gasteiger partial charge in [0.05, 0.1) is 13.0 Å². The van der Waals surface area contributed by atoms with Crippen molar-refractivity contribution < 1.29 is 4.79 Å². The fourth-order valence-corrected chi connectivity index (χ4v) is 2.72. The Balaban J connectivity index is 1.98. The number of aromatic nitrogens is 4. The summed E-state index contributed by atoms with van der Waals surface area (Å²) >= 11 is 0. The lowest BCUT2D eigenvalue weighted by Gasteiger charge is -2.20. The average molecular weight is 351 g/mol. The number of carbonyl (C=O) groups is 1. The Morgan fingerprint density at radius 3 is 2.50 bits per heavy atom. The predicted octanol–water partition coefficient (Wildman–Crippen LogP) is 2.84. The largest absolute Gasteiger partial charge is 0.359 e. The molecule has 6 heteroatoms. The van der Waals surface area contributed by atoms with Gasteiger partial charge in [0.2, 0.25) is 5.91 Å². The van der Waals surface area contributed by atoms with Gasteiger partial charge in [-0.2, -0.15) is 5.10 Å². The number of rotatable bonds is 5. The van der Waals surface area contributed by atoms with E-state index < -0.39 is 0 Å². The average Bonchev–Trinajstić information content (AvgIpc) is 3.22. The van der Waals surface area contributed by atoms with Gasteiger partial charge in [0.1, 0.15) is 0 Å². The van der Waals surface area contributed by atoms with Gasteiger partial charge in [-0.05, 0) is 32.4 Å². The Bertz CT molecular complexity index is 887. The first-order chi connectivity index (χ1) is 12.4. The molecule has 0 bridgehead atoms. The monoisotopic (exact) mass is 351 g/mol. The number of hydrogen-bond donors (Lipinski definition) is 1. The van der Waals surface area contributed by atoms with Crippen molar-refractivity contribution in [2.75, 3.05) is 7.05 Å². The van der Waals surface area contributed by atoms with Crippen LogP contribution in [0.5, 0.6) is 0 Å². The number of amides is 1. The van der Waals surface area contributed by atoms with E-state index in [1.54, 1.807) is 7.05 Å². The van der Waals surface area contributed by atoms with Gasteiger partial charge in [0.25, 0.3) is 0 Å². The van der Waals surface area contributed by atoms with Gasteiger partial charge in [-0.1, -0.05) is 30.3 Å². The molecule has 0 aliphatic carbocycles. The lowest BCUT2D eigenvalue weighted by Crippen LogP contribution is -2.20. The predicted molar refractivity (Wildman–Crippen MR) is 102 cm³/mol. The summed E-state index contributed by atoms with van der Waals surface area (Å²) in [6, 6.07) is 12.2. The molecule has 2 aromatic heterocycles. The zero-order valence-electron chi connectivity index (χ0n) is 15.7. The molecule has 0 radical (unpaired) electrons. The molecule has 0 aliphatic rings. The molecule has 1 aromatic carbocycles. The molecule has 2 heterocycles. The molecule has 0 fully saturated rings. The van der Waals surface area contributed by atoms with E-state index in [2.05, 4.69) is 65.3 Å². The quantitative estimate of drug-likeness (QED) is 0.769. The zero-order chi connectivity index (χ0) is 18.7. The fourth-order valence-electron chi connectivity index (χ4n) is 2.72. The maximum absolute atomic E-state index is 11.7. The molecule has 0 aliphatic heterocycles. The highest BCUT2D eigenvalue weighted by Crippen LogP contribution is 2.23. The van der Waals surface area contributed by atoms with Crippen molar-refractivity contribution in [3.05, 3.63) is 60.2 Å². The van der Waals surface area contributed by atoms with Crippen LogP contribution in [0.15, 0.2) is 48.8 Å². The molecule has 0 unspecified atom stereocenters. The van der Waals surface area contributed by atoms with Crippen LogP contribution in [0.25, 0.3) is 11.4 Å². The summed E-state index contributed by atoms with van der Waals surface area (Å²) in [4.78, 5) is 16.4. The minimum Gasteiger partial charge on any atom is -0.359 e. The molecule has 0 atom stereocenters. The van der Waals surface area contributed by atoms with Crippen molar-refractivity contribution in [1.29, 1.82) is 0 Å². The second kappa shape index (κ2) is 7.15. The first kappa shape index (κ1) is 17.9. The molecule has 1 N–H and O–H groups in total. The molecule has 26 heavy (non-hydrogen) atoms. The third-order valence-electron chi connectivity index (χ3n) is 4.21. The topological polar surface area (TPSA) is 64.7 Å². The van der Waals surface area contributed by atoms with Crippen LogP contribution >= 0.6 is 0 Å². The standard InChI is InChI=1S/C20H25N5O/c1-20(2,3)24-11-10-16(14-24)19-22-17(12-18(26)21-4)23-25(19)13-15-8-6-5-7-9-15/h5-11,14H,12-13H2,1-4H3,(H,21,26). The van der Waals surface area contributed by atoms with E-state index in [0.717, 1.165) is 17.0 Å². The Morgan fingerprint density at radius 1 is 1.15 bits per heavy atom. The maximum Gasteiger partial charge on any atom is 0.227 e. The first-order valence-corrected chi connectivity index (χ1v) is 8.74. The lowest BCUT2D eigenvalue weighted by molar-refractivity contribution is -0.120. The Morgan fingerprint density at radius 2 is 1.88 bits per heavy atom. The number of benzene rings is 1. The van der Waals surface area contributed by atoms with E-state index in [9.17, 15) is 4.79 Å². The molecular weight excluding hydrogens is 326 g/mol. The molecule has 6 nitrogen and oxygen atoms in total. The van der Waals surface area contributed by atoms with Gasteiger partial charge >= 0.3 is 0 Å². The van der Waals surface area contributed by atoms with Crippen molar-refractivity contribution in [1.82, 2.24) is 24.6 Å². The lowest BCUT2D eigenvalue weighted by atomic mass is 10.1. The number of nitrogens with zero attached hydrogens (tertiary/aromatic N) is 4. The molecular formula is C20H25N5O. The van der Waals surface area contributed by atoms with Crippen LogP contribution in [0.4, 0.5) is 0 Å². The summed E-state index contributed by atoms with van der Waals surface area (Å²) in [7, 11) is 1.62. The number of hydrogen-bond acceptors (Lipinski definition) is 3. The summed E-state index contributed by atoms with van der Waals surface area (Å²) < 4.78 is 4.03. The van der Waals surface area contributed by atoms with E-state index in [-0.39, 0.29) is 17.9 Å². The van der Waals surface area contributed by atoms with Crippen molar-refractivity contribution in [3.8, 4) is 11.4 Å². The summed E-state index contributed by atoms with van der Waals surface area (Å²) in [6.45, 7) is 7.07. The van der Waals surface area contributed by atoms with Crippen LogP contribution in [0, 0.1) is 0 Å². The third-order valence-corrected chi connectivity index (χ3v) is 4.21. The summed E-state index contributed by atoms with van der Waals surface area (Å²) in [5, 5.41) is 7.20. The Kier molecular flexibility index (Phi) is 4.93. The van der Waals surface area contributed by atoms with E-state index >= 15 is 0 Å². The molecule has 1 amide bonds. The Labute approximate surface area is 153 Å². The highest BCUT2D eigenvalue weighted by Gasteiger charge is 2.18. The van der Waals surface area contributed by atoms with Crippen LogP contribution < -0.4 is 5.32 Å². The second-order valence-electron chi connectivity index (χ2n) is 7.32. The van der Waals surface area contributed by atoms with E-state index in [1.807, 2.05) is 28.9 Å². The maximum atomic E-state index is 11.7. The van der Waals surface area contributed by atoms with Gasteiger partial charge in [-0.15, -0.1) is 0 Å². The smallest absolute Gasteiger partial charge is 0.227 e. The van der Waals surface area contributed by atoms with Gasteiger partial charge in [-0.25, -0.2) is 9.67 Å². The van der Waals surface area contributed by atoms with Gasteiger partial charge in [-0.3, -0.25) is 4.79 Å². The Hall–Kier alpha value is -2.89. The van der Waals surface area contributed by atoms with E-state index in [1.165, 1.54) is 0 Å². The summed E-state index contributed by atoms with van der Waals surface area (Å²) in [5.74, 6) is 1.20. The molecule has 0 saturated carbocycles. The van der Waals surface area contributed by atoms with Gasteiger partial charge in [0, 0.05) is 30.5 Å². The zero-order valence-corrected chi connectivity index (χ0v) is 15.7. The van der Waals surface area contributed by atoms with Crippen molar-refractivity contribution in [2.45, 2.75) is 39.3 Å². The van der Waals surface area contributed by atoms with Crippen molar-refractivity contribution >= 4 is 5.91 Å².